The van der Waals surface area contributed by atoms with Crippen molar-refractivity contribution >= 4 is 0 Å². The minimum Gasteiger partial charge on any atom is -0.271 e. The first-order valence-electron chi connectivity index (χ1n) is 5.30. The molecule has 0 aromatic rings. The van der Waals surface area contributed by atoms with Gasteiger partial charge >= 0.3 is 0 Å². The van der Waals surface area contributed by atoms with E-state index in [1.54, 1.807) is 0 Å². The average molecular weight is 183 g/mol. The van der Waals surface area contributed by atoms with Gasteiger partial charge in [0.05, 0.1) is 18.1 Å². The lowest BCUT2D eigenvalue weighted by atomic mass is 9.92. The molecule has 0 radical (unpaired) electrons. The van der Waals surface area contributed by atoms with E-state index in [0.717, 1.165) is 13.0 Å². The summed E-state index contributed by atoms with van der Waals surface area (Å²) < 4.78 is 0. The summed E-state index contributed by atoms with van der Waals surface area (Å²) in [6.07, 6.45) is 3.56. The molecular formula is C10H21N3. The second-order valence-corrected chi connectivity index (χ2v) is 4.24. The van der Waals surface area contributed by atoms with Gasteiger partial charge in [0, 0.05) is 0 Å². The zero-order valence-electron chi connectivity index (χ0n) is 9.25. The molecule has 0 aromatic carbocycles. The summed E-state index contributed by atoms with van der Waals surface area (Å²) in [6.45, 7) is 9.85. The van der Waals surface area contributed by atoms with Crippen LogP contribution < -0.4 is 0 Å². The highest BCUT2D eigenvalue weighted by atomic mass is 15.6. The summed E-state index contributed by atoms with van der Waals surface area (Å²) >= 11 is 0. The first-order valence-corrected chi connectivity index (χ1v) is 5.30. The molecule has 76 valence electrons. The molecule has 1 aliphatic rings. The van der Waals surface area contributed by atoms with Crippen LogP contribution in [0.25, 0.3) is 0 Å². The summed E-state index contributed by atoms with van der Waals surface area (Å²) in [7, 11) is 0. The SMILES string of the molecule is CCCC(C)(CC)N1CC(C)N=N1. The smallest absolute Gasteiger partial charge is 0.0893 e. The Morgan fingerprint density at radius 2 is 2.15 bits per heavy atom. The molecule has 0 aromatic heterocycles. The third kappa shape index (κ3) is 2.20. The largest absolute Gasteiger partial charge is 0.271 e. The Balaban J connectivity index is 2.61. The maximum atomic E-state index is 4.24. The van der Waals surface area contributed by atoms with Gasteiger partial charge in [0.25, 0.3) is 0 Å². The zero-order valence-corrected chi connectivity index (χ0v) is 9.25. The van der Waals surface area contributed by atoms with Crippen molar-refractivity contribution in [2.45, 2.75) is 58.5 Å². The van der Waals surface area contributed by atoms with Crippen LogP contribution in [0.2, 0.25) is 0 Å². The van der Waals surface area contributed by atoms with Crippen molar-refractivity contribution < 1.29 is 0 Å². The van der Waals surface area contributed by atoms with Crippen molar-refractivity contribution in [3.63, 3.8) is 0 Å². The van der Waals surface area contributed by atoms with Gasteiger partial charge in [-0.05, 0) is 26.7 Å². The highest BCUT2D eigenvalue weighted by molar-refractivity contribution is 4.86. The molecule has 0 aliphatic carbocycles. The minimum atomic E-state index is 0.225. The van der Waals surface area contributed by atoms with E-state index < -0.39 is 0 Å². The van der Waals surface area contributed by atoms with Crippen molar-refractivity contribution in [1.29, 1.82) is 0 Å². The van der Waals surface area contributed by atoms with E-state index in [2.05, 4.69) is 43.0 Å². The summed E-state index contributed by atoms with van der Waals surface area (Å²) in [5.41, 5.74) is 0.225. The molecule has 13 heavy (non-hydrogen) atoms. The van der Waals surface area contributed by atoms with E-state index in [0.29, 0.717) is 6.04 Å². The predicted octanol–water partition coefficient (Wildman–Crippen LogP) is 3.03. The number of hydrogen-bond donors (Lipinski definition) is 0. The maximum Gasteiger partial charge on any atom is 0.0893 e. The van der Waals surface area contributed by atoms with Gasteiger partial charge in [-0.2, -0.15) is 5.11 Å². The summed E-state index contributed by atoms with van der Waals surface area (Å²) in [5, 5.41) is 10.6. The van der Waals surface area contributed by atoms with Gasteiger partial charge < -0.3 is 0 Å². The van der Waals surface area contributed by atoms with Crippen LogP contribution in [-0.2, 0) is 0 Å². The van der Waals surface area contributed by atoms with Crippen LogP contribution in [0.1, 0.15) is 47.0 Å². The van der Waals surface area contributed by atoms with Crippen LogP contribution in [0.3, 0.4) is 0 Å². The topological polar surface area (TPSA) is 28.0 Å². The van der Waals surface area contributed by atoms with E-state index in [1.165, 1.54) is 12.8 Å². The molecule has 0 N–H and O–H groups in total. The van der Waals surface area contributed by atoms with Crippen molar-refractivity contribution in [3.05, 3.63) is 0 Å². The molecule has 0 saturated carbocycles. The highest BCUT2D eigenvalue weighted by Gasteiger charge is 2.32. The monoisotopic (exact) mass is 183 g/mol. The van der Waals surface area contributed by atoms with Crippen LogP contribution >= 0.6 is 0 Å². The predicted molar refractivity (Wildman–Crippen MR) is 54.6 cm³/mol. The van der Waals surface area contributed by atoms with E-state index >= 15 is 0 Å². The third-order valence-corrected chi connectivity index (χ3v) is 2.97. The van der Waals surface area contributed by atoms with Gasteiger partial charge in [0.15, 0.2) is 0 Å². The Kier molecular flexibility index (Phi) is 3.28. The van der Waals surface area contributed by atoms with Crippen LogP contribution in [0.5, 0.6) is 0 Å². The molecule has 0 amide bonds. The lowest BCUT2D eigenvalue weighted by Crippen LogP contribution is -2.42. The molecule has 1 rings (SSSR count). The van der Waals surface area contributed by atoms with Crippen molar-refractivity contribution in [2.75, 3.05) is 6.54 Å². The molecule has 2 atom stereocenters. The minimum absolute atomic E-state index is 0.225. The van der Waals surface area contributed by atoms with Crippen molar-refractivity contribution in [2.24, 2.45) is 10.3 Å². The van der Waals surface area contributed by atoms with Crippen LogP contribution in [0, 0.1) is 0 Å². The fraction of sp³-hybridized carbons (Fsp3) is 1.00. The Hall–Kier alpha value is -0.600. The molecule has 3 nitrogen and oxygen atoms in total. The second-order valence-electron chi connectivity index (χ2n) is 4.24. The summed E-state index contributed by atoms with van der Waals surface area (Å²) in [6, 6.07) is 0.378. The van der Waals surface area contributed by atoms with Crippen LogP contribution in [-0.4, -0.2) is 23.1 Å². The quantitative estimate of drug-likeness (QED) is 0.658. The van der Waals surface area contributed by atoms with Crippen LogP contribution in [0.15, 0.2) is 10.3 Å². The van der Waals surface area contributed by atoms with Crippen LogP contribution in [0.4, 0.5) is 0 Å². The number of nitrogens with zero attached hydrogens (tertiary/aromatic N) is 3. The van der Waals surface area contributed by atoms with Gasteiger partial charge in [-0.1, -0.05) is 25.5 Å². The fourth-order valence-electron chi connectivity index (χ4n) is 1.83. The van der Waals surface area contributed by atoms with E-state index in [1.807, 2.05) is 0 Å². The Morgan fingerprint density at radius 1 is 1.46 bits per heavy atom. The van der Waals surface area contributed by atoms with Crippen molar-refractivity contribution in [1.82, 2.24) is 5.01 Å². The normalized spacial score (nSPS) is 26.5. The molecule has 1 aliphatic heterocycles. The summed E-state index contributed by atoms with van der Waals surface area (Å²) in [5.74, 6) is 0. The van der Waals surface area contributed by atoms with Gasteiger partial charge in [-0.25, -0.2) is 0 Å². The van der Waals surface area contributed by atoms with E-state index in [-0.39, 0.29) is 5.54 Å². The average Bonchev–Trinajstić information content (AvgIpc) is 2.52. The molecule has 0 saturated heterocycles. The maximum absolute atomic E-state index is 4.24. The standard InChI is InChI=1S/C10H21N3/c1-5-7-10(4,6-2)13-8-9(3)11-12-13/h9H,5-8H2,1-4H3. The first kappa shape index (κ1) is 10.5. The molecule has 0 bridgehead atoms. The lowest BCUT2D eigenvalue weighted by Gasteiger charge is -2.35. The first-order chi connectivity index (χ1) is 6.12. The fourth-order valence-corrected chi connectivity index (χ4v) is 1.83. The number of hydrogen-bond acceptors (Lipinski definition) is 3. The van der Waals surface area contributed by atoms with Gasteiger partial charge in [0.1, 0.15) is 0 Å². The highest BCUT2D eigenvalue weighted by Crippen LogP contribution is 2.28. The summed E-state index contributed by atoms with van der Waals surface area (Å²) in [4.78, 5) is 0. The van der Waals surface area contributed by atoms with Gasteiger partial charge in [-0.15, -0.1) is 0 Å². The van der Waals surface area contributed by atoms with Crippen molar-refractivity contribution in [3.8, 4) is 0 Å². The van der Waals surface area contributed by atoms with Gasteiger partial charge in [0.2, 0.25) is 0 Å². The molecule has 0 fully saturated rings. The third-order valence-electron chi connectivity index (χ3n) is 2.97. The van der Waals surface area contributed by atoms with Gasteiger partial charge in [-0.3, -0.25) is 5.01 Å². The number of rotatable bonds is 4. The molecule has 1 heterocycles. The molecule has 3 heteroatoms. The Labute approximate surface area is 81.2 Å². The van der Waals surface area contributed by atoms with E-state index in [4.69, 9.17) is 0 Å². The molecular weight excluding hydrogens is 162 g/mol. The zero-order chi connectivity index (χ0) is 9.90. The molecule has 2 unspecified atom stereocenters. The van der Waals surface area contributed by atoms with E-state index in [9.17, 15) is 0 Å². The Bertz CT molecular complexity index is 191. The second kappa shape index (κ2) is 4.07. The lowest BCUT2D eigenvalue weighted by molar-refractivity contribution is 0.103. The Morgan fingerprint density at radius 3 is 2.54 bits per heavy atom. The molecule has 0 spiro atoms.